The van der Waals surface area contributed by atoms with E-state index in [4.69, 9.17) is 5.73 Å². The molecule has 3 N–H and O–H groups in total. The molecule has 0 bridgehead atoms. The van der Waals surface area contributed by atoms with E-state index in [0.717, 1.165) is 19.3 Å². The van der Waals surface area contributed by atoms with Gasteiger partial charge in [-0.25, -0.2) is 0 Å². The normalized spacial score (nSPS) is 18.8. The SMILES string of the molecule is CCCCC(CCC)NC(=O)CC(N)C1CC1. The number of carbonyl (C=O) groups excluding carboxylic acids is 1. The second kappa shape index (κ2) is 7.70. The Morgan fingerprint density at radius 2 is 2.00 bits per heavy atom. The van der Waals surface area contributed by atoms with Crippen LogP contribution in [0.1, 0.15) is 65.2 Å². The summed E-state index contributed by atoms with van der Waals surface area (Å²) in [4.78, 5) is 11.8. The minimum absolute atomic E-state index is 0.0865. The van der Waals surface area contributed by atoms with E-state index in [1.807, 2.05) is 0 Å². The quantitative estimate of drug-likeness (QED) is 0.651. The van der Waals surface area contributed by atoms with Crippen LogP contribution in [0.3, 0.4) is 0 Å². The Morgan fingerprint density at radius 1 is 1.29 bits per heavy atom. The van der Waals surface area contributed by atoms with Crippen LogP contribution in [0.15, 0.2) is 0 Å². The maximum absolute atomic E-state index is 11.8. The molecule has 1 rings (SSSR count). The number of nitrogens with two attached hydrogens (primary N) is 1. The molecule has 0 aliphatic heterocycles. The Hall–Kier alpha value is -0.570. The van der Waals surface area contributed by atoms with Gasteiger partial charge in [0.25, 0.3) is 0 Å². The molecule has 1 aliphatic carbocycles. The van der Waals surface area contributed by atoms with Gasteiger partial charge in [0.1, 0.15) is 0 Å². The fraction of sp³-hybridized carbons (Fsp3) is 0.929. The first-order valence-corrected chi connectivity index (χ1v) is 7.22. The van der Waals surface area contributed by atoms with Crippen molar-refractivity contribution in [1.82, 2.24) is 5.32 Å². The molecule has 0 aromatic carbocycles. The highest BCUT2D eigenvalue weighted by Crippen LogP contribution is 2.32. The number of rotatable bonds is 9. The van der Waals surface area contributed by atoms with Crippen molar-refractivity contribution in [2.24, 2.45) is 11.7 Å². The summed E-state index contributed by atoms with van der Waals surface area (Å²) in [6.45, 7) is 4.36. The largest absolute Gasteiger partial charge is 0.353 e. The molecule has 100 valence electrons. The first-order chi connectivity index (χ1) is 8.17. The van der Waals surface area contributed by atoms with E-state index < -0.39 is 0 Å². The summed E-state index contributed by atoms with van der Waals surface area (Å²) in [6.07, 6.45) is 8.64. The molecule has 1 amide bonds. The minimum Gasteiger partial charge on any atom is -0.353 e. The summed E-state index contributed by atoms with van der Waals surface area (Å²) in [5.41, 5.74) is 5.97. The smallest absolute Gasteiger partial charge is 0.221 e. The monoisotopic (exact) mass is 240 g/mol. The lowest BCUT2D eigenvalue weighted by molar-refractivity contribution is -0.122. The topological polar surface area (TPSA) is 55.1 Å². The van der Waals surface area contributed by atoms with Crippen LogP contribution in [0.4, 0.5) is 0 Å². The van der Waals surface area contributed by atoms with Crippen LogP contribution in [0, 0.1) is 5.92 Å². The Balaban J connectivity index is 2.23. The number of amides is 1. The maximum atomic E-state index is 11.8. The fourth-order valence-corrected chi connectivity index (χ4v) is 2.28. The molecule has 2 unspecified atom stereocenters. The third-order valence-corrected chi connectivity index (χ3v) is 3.56. The zero-order chi connectivity index (χ0) is 12.7. The number of carbonyl (C=O) groups is 1. The third-order valence-electron chi connectivity index (χ3n) is 3.56. The molecule has 0 heterocycles. The van der Waals surface area contributed by atoms with Crippen LogP contribution in [-0.2, 0) is 4.79 Å². The van der Waals surface area contributed by atoms with Gasteiger partial charge in [-0.05, 0) is 31.6 Å². The Morgan fingerprint density at radius 3 is 2.53 bits per heavy atom. The fourth-order valence-electron chi connectivity index (χ4n) is 2.28. The highest BCUT2D eigenvalue weighted by molar-refractivity contribution is 5.76. The van der Waals surface area contributed by atoms with Gasteiger partial charge in [-0.15, -0.1) is 0 Å². The van der Waals surface area contributed by atoms with E-state index in [1.165, 1.54) is 25.7 Å². The van der Waals surface area contributed by atoms with E-state index in [1.54, 1.807) is 0 Å². The Kier molecular flexibility index (Phi) is 6.56. The van der Waals surface area contributed by atoms with Crippen LogP contribution in [0.5, 0.6) is 0 Å². The molecule has 2 atom stereocenters. The standard InChI is InChI=1S/C14H28N2O/c1-3-5-7-12(6-4-2)16-14(17)10-13(15)11-8-9-11/h11-13H,3-10,15H2,1-2H3,(H,16,17). The molecule has 0 aromatic rings. The van der Waals surface area contributed by atoms with E-state index in [-0.39, 0.29) is 11.9 Å². The molecule has 17 heavy (non-hydrogen) atoms. The Labute approximate surface area is 106 Å². The molecule has 3 nitrogen and oxygen atoms in total. The van der Waals surface area contributed by atoms with Gasteiger partial charge in [0.2, 0.25) is 5.91 Å². The lowest BCUT2D eigenvalue weighted by Crippen LogP contribution is -2.38. The third kappa shape index (κ3) is 6.06. The van der Waals surface area contributed by atoms with Crippen LogP contribution in [0.25, 0.3) is 0 Å². The molecular weight excluding hydrogens is 212 g/mol. The second-order valence-electron chi connectivity index (χ2n) is 5.40. The molecule has 3 heteroatoms. The van der Waals surface area contributed by atoms with Crippen molar-refractivity contribution < 1.29 is 4.79 Å². The predicted octanol–water partition coefficient (Wildman–Crippen LogP) is 2.59. The van der Waals surface area contributed by atoms with E-state index in [9.17, 15) is 4.79 Å². The molecule has 0 spiro atoms. The summed E-state index contributed by atoms with van der Waals surface area (Å²) in [5.74, 6) is 0.764. The maximum Gasteiger partial charge on any atom is 0.221 e. The van der Waals surface area contributed by atoms with Crippen molar-refractivity contribution in [1.29, 1.82) is 0 Å². The molecule has 1 fully saturated rings. The zero-order valence-corrected chi connectivity index (χ0v) is 11.4. The van der Waals surface area contributed by atoms with Crippen molar-refractivity contribution in [3.05, 3.63) is 0 Å². The molecule has 1 saturated carbocycles. The van der Waals surface area contributed by atoms with Crippen molar-refractivity contribution >= 4 is 5.91 Å². The molecule has 1 aliphatic rings. The second-order valence-corrected chi connectivity index (χ2v) is 5.40. The van der Waals surface area contributed by atoms with Crippen molar-refractivity contribution in [2.45, 2.75) is 77.3 Å². The van der Waals surface area contributed by atoms with Gasteiger partial charge in [0, 0.05) is 18.5 Å². The summed E-state index contributed by atoms with van der Waals surface area (Å²) < 4.78 is 0. The van der Waals surface area contributed by atoms with Gasteiger partial charge >= 0.3 is 0 Å². The van der Waals surface area contributed by atoms with E-state index in [2.05, 4.69) is 19.2 Å². The highest BCUT2D eigenvalue weighted by atomic mass is 16.1. The van der Waals surface area contributed by atoms with Crippen LogP contribution in [0.2, 0.25) is 0 Å². The summed E-state index contributed by atoms with van der Waals surface area (Å²) >= 11 is 0. The van der Waals surface area contributed by atoms with E-state index in [0.29, 0.717) is 18.4 Å². The van der Waals surface area contributed by atoms with Gasteiger partial charge in [0.05, 0.1) is 0 Å². The molecule has 0 saturated heterocycles. The molecule has 0 radical (unpaired) electrons. The molecule has 0 aromatic heterocycles. The minimum atomic E-state index is 0.0865. The Bertz CT molecular complexity index is 226. The zero-order valence-electron chi connectivity index (χ0n) is 11.4. The van der Waals surface area contributed by atoms with Crippen molar-refractivity contribution in [3.8, 4) is 0 Å². The number of hydrogen-bond donors (Lipinski definition) is 2. The van der Waals surface area contributed by atoms with Crippen LogP contribution < -0.4 is 11.1 Å². The lowest BCUT2D eigenvalue weighted by Gasteiger charge is -2.19. The van der Waals surface area contributed by atoms with Crippen LogP contribution >= 0.6 is 0 Å². The number of hydrogen-bond acceptors (Lipinski definition) is 2. The highest BCUT2D eigenvalue weighted by Gasteiger charge is 2.30. The van der Waals surface area contributed by atoms with Gasteiger partial charge in [0.15, 0.2) is 0 Å². The average Bonchev–Trinajstić information content (AvgIpc) is 3.09. The first kappa shape index (κ1) is 14.5. The van der Waals surface area contributed by atoms with Gasteiger partial charge < -0.3 is 11.1 Å². The summed E-state index contributed by atoms with van der Waals surface area (Å²) in [7, 11) is 0. The average molecular weight is 240 g/mol. The van der Waals surface area contributed by atoms with Crippen molar-refractivity contribution in [3.63, 3.8) is 0 Å². The van der Waals surface area contributed by atoms with Gasteiger partial charge in [-0.2, -0.15) is 0 Å². The first-order valence-electron chi connectivity index (χ1n) is 7.22. The van der Waals surface area contributed by atoms with Gasteiger partial charge in [-0.3, -0.25) is 4.79 Å². The van der Waals surface area contributed by atoms with Gasteiger partial charge in [-0.1, -0.05) is 33.1 Å². The lowest BCUT2D eigenvalue weighted by atomic mass is 10.0. The number of nitrogens with one attached hydrogen (secondary N) is 1. The molecular formula is C14H28N2O. The van der Waals surface area contributed by atoms with Crippen molar-refractivity contribution in [2.75, 3.05) is 0 Å². The predicted molar refractivity (Wildman–Crippen MR) is 71.7 cm³/mol. The number of unbranched alkanes of at least 4 members (excludes halogenated alkanes) is 1. The summed E-state index contributed by atoms with van der Waals surface area (Å²) in [5, 5.41) is 3.15. The van der Waals surface area contributed by atoms with Crippen LogP contribution in [-0.4, -0.2) is 18.0 Å². The summed E-state index contributed by atoms with van der Waals surface area (Å²) in [6, 6.07) is 0.447. The van der Waals surface area contributed by atoms with E-state index >= 15 is 0 Å².